The van der Waals surface area contributed by atoms with E-state index in [4.69, 9.17) is 36.3 Å². The van der Waals surface area contributed by atoms with E-state index in [1.165, 1.54) is 5.56 Å². The highest BCUT2D eigenvalue weighted by atomic mass is 35.5. The molecule has 1 atom stereocenters. The van der Waals surface area contributed by atoms with E-state index >= 15 is 0 Å². The fraction of sp³-hybridized carbons (Fsp3) is 0.400. The van der Waals surface area contributed by atoms with Crippen LogP contribution in [0.3, 0.4) is 0 Å². The van der Waals surface area contributed by atoms with E-state index in [1.54, 1.807) is 0 Å². The van der Waals surface area contributed by atoms with Crippen LogP contribution in [0.5, 0.6) is 0 Å². The number of halogens is 1. The molecule has 5 heterocycles. The van der Waals surface area contributed by atoms with Gasteiger partial charge in [0.15, 0.2) is 0 Å². The Kier molecular flexibility index (Phi) is 5.85. The van der Waals surface area contributed by atoms with Crippen LogP contribution in [0.1, 0.15) is 28.7 Å². The Hall–Kier alpha value is -3.50. The van der Waals surface area contributed by atoms with Gasteiger partial charge in [-0.1, -0.05) is 11.6 Å². The number of ether oxygens (including phenoxy) is 1. The van der Waals surface area contributed by atoms with Crippen LogP contribution < -0.4 is 14.7 Å². The van der Waals surface area contributed by atoms with E-state index in [-0.39, 0.29) is 6.04 Å². The quantitative estimate of drug-likeness (QED) is 0.448. The second-order valence-electron chi connectivity index (χ2n) is 9.35. The third kappa shape index (κ3) is 4.10. The molecular weight excluding hydrogens is 478 g/mol. The summed E-state index contributed by atoms with van der Waals surface area (Å²) in [5, 5.41) is 1.87. The Morgan fingerprint density at radius 1 is 1.03 bits per heavy atom. The zero-order valence-electron chi connectivity index (χ0n) is 20.6. The van der Waals surface area contributed by atoms with Gasteiger partial charge in [0.25, 0.3) is 0 Å². The molecule has 0 spiro atoms. The van der Waals surface area contributed by atoms with Crippen molar-refractivity contribution in [2.45, 2.75) is 19.4 Å². The topological polar surface area (TPSA) is 99.2 Å². The van der Waals surface area contributed by atoms with Crippen LogP contribution in [0.2, 0.25) is 5.02 Å². The molecule has 10 nitrogen and oxygen atoms in total. The SMILES string of the molecule is Cc1nc(N(C)C)nc(N2CCc3c([nH]c4ccc(Cl)cc34)C2c2cnc(N3CCOCC3)nc2)n1. The molecular formula is C25H28ClN9O. The van der Waals surface area contributed by atoms with Crippen molar-refractivity contribution in [1.82, 2.24) is 29.9 Å². The maximum absolute atomic E-state index is 6.36. The Balaban J connectivity index is 1.47. The first-order chi connectivity index (χ1) is 17.5. The molecule has 6 rings (SSSR count). The van der Waals surface area contributed by atoms with E-state index in [1.807, 2.05) is 56.5 Å². The van der Waals surface area contributed by atoms with Gasteiger partial charge in [-0.25, -0.2) is 9.97 Å². The normalized spacial score (nSPS) is 17.9. The van der Waals surface area contributed by atoms with Crippen molar-refractivity contribution >= 4 is 40.3 Å². The summed E-state index contributed by atoms with van der Waals surface area (Å²) in [4.78, 5) is 33.4. The van der Waals surface area contributed by atoms with Gasteiger partial charge in [0.1, 0.15) is 11.9 Å². The Morgan fingerprint density at radius 3 is 2.56 bits per heavy atom. The monoisotopic (exact) mass is 505 g/mol. The molecule has 0 bridgehead atoms. The molecule has 36 heavy (non-hydrogen) atoms. The molecule has 2 aliphatic rings. The molecule has 3 aromatic heterocycles. The van der Waals surface area contributed by atoms with E-state index in [0.717, 1.165) is 59.2 Å². The van der Waals surface area contributed by atoms with Gasteiger partial charge in [-0.2, -0.15) is 15.0 Å². The van der Waals surface area contributed by atoms with E-state index in [2.05, 4.69) is 19.8 Å². The summed E-state index contributed by atoms with van der Waals surface area (Å²) in [6.07, 6.45) is 4.68. The number of nitrogens with zero attached hydrogens (tertiary/aromatic N) is 8. The molecule has 1 fully saturated rings. The Labute approximate surface area is 214 Å². The first kappa shape index (κ1) is 22.9. The van der Waals surface area contributed by atoms with Crippen LogP contribution in [-0.4, -0.2) is 76.8 Å². The second kappa shape index (κ2) is 9.18. The lowest BCUT2D eigenvalue weighted by atomic mass is 9.94. The lowest BCUT2D eigenvalue weighted by Gasteiger charge is -2.36. The molecule has 0 saturated carbocycles. The third-order valence-electron chi connectivity index (χ3n) is 6.74. The number of nitrogens with one attached hydrogen (secondary N) is 1. The summed E-state index contributed by atoms with van der Waals surface area (Å²) < 4.78 is 5.48. The number of fused-ring (bicyclic) bond motifs is 3. The van der Waals surface area contributed by atoms with Crippen LogP contribution in [0.25, 0.3) is 10.9 Å². The summed E-state index contributed by atoms with van der Waals surface area (Å²) >= 11 is 6.36. The maximum Gasteiger partial charge on any atom is 0.231 e. The van der Waals surface area contributed by atoms with Crippen molar-refractivity contribution in [3.63, 3.8) is 0 Å². The highest BCUT2D eigenvalue weighted by Gasteiger charge is 2.34. The zero-order chi connectivity index (χ0) is 24.8. The molecule has 1 unspecified atom stereocenters. The van der Waals surface area contributed by atoms with Gasteiger partial charge in [-0.15, -0.1) is 0 Å². The molecule has 0 aliphatic carbocycles. The predicted molar refractivity (Wildman–Crippen MR) is 140 cm³/mol. The number of aromatic amines is 1. The maximum atomic E-state index is 6.36. The number of morpholine rings is 1. The largest absolute Gasteiger partial charge is 0.378 e. The minimum atomic E-state index is -0.185. The number of aryl methyl sites for hydroxylation is 1. The molecule has 0 amide bonds. The zero-order valence-corrected chi connectivity index (χ0v) is 21.3. The number of hydrogen-bond acceptors (Lipinski definition) is 9. The van der Waals surface area contributed by atoms with Gasteiger partial charge in [0, 0.05) is 73.3 Å². The van der Waals surface area contributed by atoms with Crippen molar-refractivity contribution in [3.8, 4) is 0 Å². The number of anilines is 3. The van der Waals surface area contributed by atoms with E-state index in [0.29, 0.717) is 30.9 Å². The van der Waals surface area contributed by atoms with E-state index < -0.39 is 0 Å². The predicted octanol–water partition coefficient (Wildman–Crippen LogP) is 3.16. The molecule has 0 radical (unpaired) electrons. The summed E-state index contributed by atoms with van der Waals surface area (Å²) in [6, 6.07) is 5.80. The van der Waals surface area contributed by atoms with Crippen molar-refractivity contribution < 1.29 is 4.74 Å². The van der Waals surface area contributed by atoms with Gasteiger partial charge in [-0.05, 0) is 37.1 Å². The number of rotatable bonds is 4. The Bertz CT molecular complexity index is 1400. The molecule has 2 aliphatic heterocycles. The first-order valence-electron chi connectivity index (χ1n) is 12.1. The van der Waals surface area contributed by atoms with Gasteiger partial charge in [0.2, 0.25) is 17.8 Å². The average molecular weight is 506 g/mol. The highest BCUT2D eigenvalue weighted by molar-refractivity contribution is 6.31. The smallest absolute Gasteiger partial charge is 0.231 e. The van der Waals surface area contributed by atoms with Crippen molar-refractivity contribution in [3.05, 3.63) is 58.3 Å². The van der Waals surface area contributed by atoms with Crippen LogP contribution >= 0.6 is 11.6 Å². The van der Waals surface area contributed by atoms with E-state index in [9.17, 15) is 0 Å². The minimum absolute atomic E-state index is 0.185. The fourth-order valence-electron chi connectivity index (χ4n) is 5.00. The van der Waals surface area contributed by atoms with Crippen molar-refractivity contribution in [2.24, 2.45) is 0 Å². The molecule has 11 heteroatoms. The molecule has 4 aromatic rings. The van der Waals surface area contributed by atoms with Gasteiger partial charge >= 0.3 is 0 Å². The summed E-state index contributed by atoms with van der Waals surface area (Å²) in [6.45, 7) is 5.59. The van der Waals surface area contributed by atoms with Crippen LogP contribution in [0.15, 0.2) is 30.6 Å². The highest BCUT2D eigenvalue weighted by Crippen LogP contribution is 2.40. The second-order valence-corrected chi connectivity index (χ2v) is 9.78. The molecule has 1 N–H and O–H groups in total. The summed E-state index contributed by atoms with van der Waals surface area (Å²) in [7, 11) is 3.87. The minimum Gasteiger partial charge on any atom is -0.378 e. The standard InChI is InChI=1S/C25H28ClN9O/c1-15-29-24(33(2)3)32-25(30-15)35-7-6-18-19-12-17(26)4-5-20(19)31-21(18)22(35)16-13-27-23(28-14-16)34-8-10-36-11-9-34/h4-5,12-14,22,31H,6-11H2,1-3H3. The number of benzene rings is 1. The number of hydrogen-bond donors (Lipinski definition) is 1. The molecule has 1 saturated heterocycles. The van der Waals surface area contributed by atoms with Gasteiger partial charge in [0.05, 0.1) is 13.2 Å². The van der Waals surface area contributed by atoms with Gasteiger partial charge < -0.3 is 24.4 Å². The first-order valence-corrected chi connectivity index (χ1v) is 12.5. The van der Waals surface area contributed by atoms with Crippen molar-refractivity contribution in [1.29, 1.82) is 0 Å². The van der Waals surface area contributed by atoms with Crippen LogP contribution in [0.4, 0.5) is 17.8 Å². The lowest BCUT2D eigenvalue weighted by Crippen LogP contribution is -2.39. The van der Waals surface area contributed by atoms with Gasteiger partial charge in [-0.3, -0.25) is 0 Å². The third-order valence-corrected chi connectivity index (χ3v) is 6.97. The number of aromatic nitrogens is 6. The lowest BCUT2D eigenvalue weighted by molar-refractivity contribution is 0.122. The molecule has 186 valence electrons. The summed E-state index contributed by atoms with van der Waals surface area (Å²) in [5.41, 5.74) is 4.37. The fourth-order valence-corrected chi connectivity index (χ4v) is 5.18. The average Bonchev–Trinajstić information content (AvgIpc) is 3.26. The number of H-pyrrole nitrogens is 1. The van der Waals surface area contributed by atoms with Crippen LogP contribution in [0, 0.1) is 6.92 Å². The summed E-state index contributed by atoms with van der Waals surface area (Å²) in [5.74, 6) is 2.66. The Morgan fingerprint density at radius 2 is 1.81 bits per heavy atom. The van der Waals surface area contributed by atoms with Crippen molar-refractivity contribution in [2.75, 3.05) is 61.6 Å². The van der Waals surface area contributed by atoms with Crippen LogP contribution in [-0.2, 0) is 11.2 Å². The molecule has 1 aromatic carbocycles.